The van der Waals surface area contributed by atoms with Crippen LogP contribution in [-0.4, -0.2) is 234 Å². The second-order valence-electron chi connectivity index (χ2n) is 23.8. The van der Waals surface area contributed by atoms with Crippen molar-refractivity contribution in [2.75, 3.05) is 33.0 Å². The zero-order valence-corrected chi connectivity index (χ0v) is 42.3. The van der Waals surface area contributed by atoms with Crippen molar-refractivity contribution in [3.8, 4) is 0 Å². The van der Waals surface area contributed by atoms with Gasteiger partial charge in [0.25, 0.3) is 0 Å². The molecule has 0 aromatic rings. The molecule has 73 heavy (non-hydrogen) atoms. The Morgan fingerprint density at radius 3 is 1.90 bits per heavy atom. The Balaban J connectivity index is 0.868. The van der Waals surface area contributed by atoms with E-state index in [9.17, 15) is 66.4 Å². The van der Waals surface area contributed by atoms with Crippen LogP contribution in [0.1, 0.15) is 91.9 Å². The quantitative estimate of drug-likeness (QED) is 0.0713. The lowest BCUT2D eigenvalue weighted by Gasteiger charge is -2.61. The molecule has 9 fully saturated rings. The van der Waals surface area contributed by atoms with E-state index < -0.39 is 149 Å². The van der Waals surface area contributed by atoms with Crippen LogP contribution in [0.25, 0.3) is 0 Å². The monoisotopic (exact) mass is 1050 g/mol. The fraction of sp³-hybridized carbons (Fsp3) is 1.00. The standard InChI is InChI=1S/C50H85NO22/c1-20(15-51)7-12-50(64)21(2)32-28(73-50)14-26-24-6-5-22-13-23(8-10-48(22,3)25(24)9-11-49(26,32)4)66-45-40(63)37(60)41(31(18-54)69-45)70-47-43(72-46-39(62)36(59)34(57)29(16-52)67-46)42(35(58)30(17-53)68-47)71-44-38(61)33(56)27(55)19-65-44/h20-47,52-64H,5-19,51H2,1-4H3. The van der Waals surface area contributed by atoms with E-state index in [1.54, 1.807) is 0 Å². The molecule has 31 atom stereocenters. The highest BCUT2D eigenvalue weighted by molar-refractivity contribution is 5.15. The number of fused-ring (bicyclic) bond motifs is 7. The first kappa shape index (κ1) is 56.8. The van der Waals surface area contributed by atoms with Crippen LogP contribution >= 0.6 is 0 Å². The summed E-state index contributed by atoms with van der Waals surface area (Å²) in [6.07, 6.45) is -24.5. The number of aliphatic hydroxyl groups is 13. The van der Waals surface area contributed by atoms with Gasteiger partial charge in [0.1, 0.15) is 91.6 Å². The second kappa shape index (κ2) is 22.3. The molecule has 5 saturated heterocycles. The van der Waals surface area contributed by atoms with Crippen LogP contribution in [0.3, 0.4) is 0 Å². The van der Waals surface area contributed by atoms with Gasteiger partial charge in [-0.05, 0) is 111 Å². The molecular formula is C50H85NO22. The normalized spacial score (nSPS) is 55.6. The molecule has 31 unspecified atom stereocenters. The molecule has 9 aliphatic rings. The molecule has 15 N–H and O–H groups in total. The van der Waals surface area contributed by atoms with Crippen molar-refractivity contribution >= 4 is 0 Å². The van der Waals surface area contributed by atoms with Crippen LogP contribution in [0, 0.1) is 52.3 Å². The first-order valence-corrected chi connectivity index (χ1v) is 26.9. The number of ether oxygens (including phenoxy) is 9. The van der Waals surface area contributed by atoms with Crippen LogP contribution in [0.5, 0.6) is 0 Å². The third-order valence-corrected chi connectivity index (χ3v) is 19.8. The third kappa shape index (κ3) is 10.2. The summed E-state index contributed by atoms with van der Waals surface area (Å²) in [5, 5.41) is 141. The minimum atomic E-state index is -2.00. The van der Waals surface area contributed by atoms with Gasteiger partial charge in [-0.2, -0.15) is 0 Å². The van der Waals surface area contributed by atoms with E-state index in [1.165, 1.54) is 0 Å². The fourth-order valence-corrected chi connectivity index (χ4v) is 15.4. The Bertz CT molecular complexity index is 1830. The molecule has 0 bridgehead atoms. The number of hydrogen-bond donors (Lipinski definition) is 14. The zero-order chi connectivity index (χ0) is 52.6. The van der Waals surface area contributed by atoms with Gasteiger partial charge in [-0.15, -0.1) is 0 Å². The lowest BCUT2D eigenvalue weighted by molar-refractivity contribution is -0.404. The zero-order valence-electron chi connectivity index (χ0n) is 42.3. The summed E-state index contributed by atoms with van der Waals surface area (Å²) < 4.78 is 54.4. The first-order valence-electron chi connectivity index (χ1n) is 26.9. The van der Waals surface area contributed by atoms with Crippen molar-refractivity contribution in [1.29, 1.82) is 0 Å². The molecule has 9 rings (SSSR count). The van der Waals surface area contributed by atoms with E-state index >= 15 is 0 Å². The van der Waals surface area contributed by atoms with Gasteiger partial charge in [0, 0.05) is 12.3 Å². The molecule has 4 saturated carbocycles. The Morgan fingerprint density at radius 2 is 1.21 bits per heavy atom. The summed E-state index contributed by atoms with van der Waals surface area (Å²) in [6, 6.07) is 0. The van der Waals surface area contributed by atoms with Crippen LogP contribution in [0.15, 0.2) is 0 Å². The van der Waals surface area contributed by atoms with Gasteiger partial charge in [0.05, 0.1) is 38.6 Å². The summed E-state index contributed by atoms with van der Waals surface area (Å²) in [5.41, 5.74) is 6.02. The predicted octanol–water partition coefficient (Wildman–Crippen LogP) is -3.35. The molecule has 0 radical (unpaired) electrons. The molecule has 4 aliphatic carbocycles. The van der Waals surface area contributed by atoms with Crippen LogP contribution in [0.4, 0.5) is 0 Å². The summed E-state index contributed by atoms with van der Waals surface area (Å²) >= 11 is 0. The molecule has 422 valence electrons. The van der Waals surface area contributed by atoms with Gasteiger partial charge in [0.15, 0.2) is 30.9 Å². The SMILES string of the molecule is CC(CN)CCC1(O)OC2CC3C4CCC5CC(OC6OC(CO)C(OC7OC(CO)C(O)C(OC8OCC(O)C(O)C8O)C7OC7OC(CO)C(O)C(O)C7O)C(O)C6O)CCC5(C)C4CCC3(C)C2C1C. The summed E-state index contributed by atoms with van der Waals surface area (Å²) in [6.45, 7) is 6.73. The van der Waals surface area contributed by atoms with Crippen molar-refractivity contribution < 1.29 is 109 Å². The Morgan fingerprint density at radius 1 is 0.603 bits per heavy atom. The molecule has 5 aliphatic heterocycles. The second-order valence-corrected chi connectivity index (χ2v) is 23.8. The minimum Gasteiger partial charge on any atom is -0.394 e. The average Bonchev–Trinajstić information content (AvgIpc) is 3.81. The summed E-state index contributed by atoms with van der Waals surface area (Å²) in [5.74, 6) is 1.36. The van der Waals surface area contributed by atoms with Crippen molar-refractivity contribution in [3.05, 3.63) is 0 Å². The van der Waals surface area contributed by atoms with E-state index in [4.69, 9.17) is 48.4 Å². The van der Waals surface area contributed by atoms with E-state index in [0.717, 1.165) is 44.9 Å². The van der Waals surface area contributed by atoms with Crippen molar-refractivity contribution in [2.24, 2.45) is 58.0 Å². The predicted molar refractivity (Wildman–Crippen MR) is 248 cm³/mol. The molecule has 0 spiro atoms. The average molecular weight is 1050 g/mol. The smallest absolute Gasteiger partial charge is 0.187 e. The van der Waals surface area contributed by atoms with Crippen LogP contribution in [-0.2, 0) is 42.6 Å². The summed E-state index contributed by atoms with van der Waals surface area (Å²) in [7, 11) is 0. The number of hydrogen-bond acceptors (Lipinski definition) is 23. The fourth-order valence-electron chi connectivity index (χ4n) is 15.4. The number of rotatable bonds is 15. The van der Waals surface area contributed by atoms with Gasteiger partial charge in [-0.1, -0.05) is 27.7 Å². The lowest BCUT2D eigenvalue weighted by Crippen LogP contribution is -2.68. The molecule has 5 heterocycles. The largest absolute Gasteiger partial charge is 0.394 e. The highest BCUT2D eigenvalue weighted by Gasteiger charge is 2.68. The van der Waals surface area contributed by atoms with Gasteiger partial charge >= 0.3 is 0 Å². The van der Waals surface area contributed by atoms with Gasteiger partial charge in [-0.25, -0.2) is 0 Å². The van der Waals surface area contributed by atoms with Crippen LogP contribution < -0.4 is 5.73 Å². The third-order valence-electron chi connectivity index (χ3n) is 19.8. The number of nitrogens with two attached hydrogens (primary N) is 1. The van der Waals surface area contributed by atoms with Gasteiger partial charge in [-0.3, -0.25) is 0 Å². The van der Waals surface area contributed by atoms with Gasteiger partial charge in [0.2, 0.25) is 0 Å². The molecular weight excluding hydrogens is 967 g/mol. The lowest BCUT2D eigenvalue weighted by atomic mass is 9.44. The summed E-state index contributed by atoms with van der Waals surface area (Å²) in [4.78, 5) is 0. The Hall–Kier alpha value is -0.920. The maximum Gasteiger partial charge on any atom is 0.187 e. The van der Waals surface area contributed by atoms with E-state index in [0.29, 0.717) is 55.4 Å². The van der Waals surface area contributed by atoms with Crippen molar-refractivity contribution in [3.63, 3.8) is 0 Å². The van der Waals surface area contributed by atoms with Crippen molar-refractivity contribution in [1.82, 2.24) is 0 Å². The van der Waals surface area contributed by atoms with E-state index in [-0.39, 0.29) is 34.9 Å². The Labute approximate surface area is 425 Å². The number of aliphatic hydroxyl groups excluding tert-OH is 12. The maximum absolute atomic E-state index is 11.8. The molecule has 0 aromatic carbocycles. The molecule has 0 amide bonds. The first-order chi connectivity index (χ1) is 34.6. The Kier molecular flexibility index (Phi) is 17.4. The van der Waals surface area contributed by atoms with Crippen LogP contribution in [0.2, 0.25) is 0 Å². The molecule has 23 nitrogen and oxygen atoms in total. The van der Waals surface area contributed by atoms with Crippen molar-refractivity contribution in [2.45, 2.75) is 227 Å². The van der Waals surface area contributed by atoms with E-state index in [2.05, 4.69) is 27.7 Å². The molecule has 23 heteroatoms. The van der Waals surface area contributed by atoms with E-state index in [1.807, 2.05) is 0 Å². The minimum absolute atomic E-state index is 0.0269. The molecule has 0 aromatic heterocycles. The maximum atomic E-state index is 11.8. The van der Waals surface area contributed by atoms with Gasteiger partial charge < -0.3 is 115 Å². The highest BCUT2D eigenvalue weighted by Crippen LogP contribution is 2.71. The highest BCUT2D eigenvalue weighted by atomic mass is 16.8. The topological polar surface area (TPSA) is 372 Å².